The van der Waals surface area contributed by atoms with Crippen LogP contribution in [-0.2, 0) is 11.4 Å². The third kappa shape index (κ3) is 5.16. The van der Waals surface area contributed by atoms with E-state index >= 15 is 0 Å². The van der Waals surface area contributed by atoms with E-state index in [1.165, 1.54) is 19.1 Å². The van der Waals surface area contributed by atoms with Crippen LogP contribution in [0.25, 0.3) is 0 Å². The summed E-state index contributed by atoms with van der Waals surface area (Å²) in [6, 6.07) is 4.01. The number of benzene rings is 1. The van der Waals surface area contributed by atoms with Gasteiger partial charge in [0.25, 0.3) is 0 Å². The Hall–Kier alpha value is -0.920. The SMILES string of the molecule is CC(=O)c1ccc(CNOCC(F)(F)Br)cc1F. The fraction of sp³-hybridized carbons (Fsp3) is 0.364. The molecule has 0 radical (unpaired) electrons. The van der Waals surface area contributed by atoms with Crippen LogP contribution in [0.5, 0.6) is 0 Å². The van der Waals surface area contributed by atoms with Gasteiger partial charge in [-0.2, -0.15) is 14.3 Å². The molecule has 1 aromatic carbocycles. The van der Waals surface area contributed by atoms with Crippen LogP contribution in [0.3, 0.4) is 0 Å². The summed E-state index contributed by atoms with van der Waals surface area (Å²) in [6.07, 6.45) is 0. The van der Waals surface area contributed by atoms with Crippen molar-refractivity contribution in [3.8, 4) is 0 Å². The maximum absolute atomic E-state index is 13.4. The van der Waals surface area contributed by atoms with E-state index in [0.717, 1.165) is 6.07 Å². The van der Waals surface area contributed by atoms with Crippen LogP contribution in [0.2, 0.25) is 0 Å². The topological polar surface area (TPSA) is 38.3 Å². The number of nitrogens with one attached hydrogen (secondary N) is 1. The normalized spacial score (nSPS) is 11.6. The molecule has 0 aliphatic rings. The Morgan fingerprint density at radius 2 is 2.17 bits per heavy atom. The van der Waals surface area contributed by atoms with Gasteiger partial charge in [0.1, 0.15) is 12.4 Å². The molecular weight excluding hydrogens is 315 g/mol. The van der Waals surface area contributed by atoms with Crippen molar-refractivity contribution in [1.29, 1.82) is 0 Å². The molecule has 1 N–H and O–H groups in total. The number of rotatable bonds is 6. The summed E-state index contributed by atoms with van der Waals surface area (Å²) < 4.78 is 38.0. The minimum absolute atomic E-state index is 0.00772. The molecule has 0 unspecified atom stereocenters. The molecule has 0 spiro atoms. The number of halogens is 4. The van der Waals surface area contributed by atoms with Gasteiger partial charge < -0.3 is 0 Å². The number of carbonyl (C=O) groups is 1. The Bertz CT molecular complexity index is 435. The van der Waals surface area contributed by atoms with Gasteiger partial charge in [0, 0.05) is 6.54 Å². The van der Waals surface area contributed by atoms with Crippen molar-refractivity contribution in [3.63, 3.8) is 0 Å². The smallest absolute Gasteiger partial charge is 0.294 e. The maximum Gasteiger partial charge on any atom is 0.326 e. The van der Waals surface area contributed by atoms with Crippen LogP contribution in [0.1, 0.15) is 22.8 Å². The van der Waals surface area contributed by atoms with Gasteiger partial charge in [-0.15, -0.1) is 0 Å². The lowest BCUT2D eigenvalue weighted by Crippen LogP contribution is -2.23. The Morgan fingerprint density at radius 3 is 2.67 bits per heavy atom. The molecule has 100 valence electrons. The highest BCUT2D eigenvalue weighted by atomic mass is 79.9. The monoisotopic (exact) mass is 325 g/mol. The van der Waals surface area contributed by atoms with Crippen LogP contribution in [-0.4, -0.2) is 17.2 Å². The van der Waals surface area contributed by atoms with Gasteiger partial charge in [-0.1, -0.05) is 6.07 Å². The second-order valence-corrected chi connectivity index (χ2v) is 4.76. The van der Waals surface area contributed by atoms with Gasteiger partial charge in [0.2, 0.25) is 0 Å². The fourth-order valence-corrected chi connectivity index (χ4v) is 1.34. The highest BCUT2D eigenvalue weighted by Gasteiger charge is 2.24. The number of hydroxylamine groups is 1. The second-order valence-electron chi connectivity index (χ2n) is 3.60. The molecule has 0 atom stereocenters. The van der Waals surface area contributed by atoms with Crippen molar-refractivity contribution in [2.24, 2.45) is 0 Å². The molecule has 0 heterocycles. The first-order chi connectivity index (χ1) is 8.29. The van der Waals surface area contributed by atoms with E-state index < -0.39 is 17.3 Å². The van der Waals surface area contributed by atoms with Crippen LogP contribution >= 0.6 is 15.9 Å². The Morgan fingerprint density at radius 1 is 1.50 bits per heavy atom. The average Bonchev–Trinajstić information content (AvgIpc) is 2.22. The number of ketones is 1. The largest absolute Gasteiger partial charge is 0.326 e. The van der Waals surface area contributed by atoms with Crippen molar-refractivity contribution >= 4 is 21.7 Å². The zero-order valence-electron chi connectivity index (χ0n) is 9.47. The second kappa shape index (κ2) is 6.31. The quantitative estimate of drug-likeness (QED) is 0.378. The van der Waals surface area contributed by atoms with E-state index in [1.54, 1.807) is 0 Å². The first-order valence-electron chi connectivity index (χ1n) is 5.00. The van der Waals surface area contributed by atoms with Crippen LogP contribution in [0.15, 0.2) is 18.2 Å². The Labute approximate surface area is 110 Å². The highest BCUT2D eigenvalue weighted by molar-refractivity contribution is 9.10. The van der Waals surface area contributed by atoms with E-state index in [1.807, 2.05) is 0 Å². The van der Waals surface area contributed by atoms with Gasteiger partial charge >= 0.3 is 4.83 Å². The molecule has 0 fully saturated rings. The van der Waals surface area contributed by atoms with Crippen molar-refractivity contribution in [2.75, 3.05) is 6.61 Å². The van der Waals surface area contributed by atoms with E-state index in [2.05, 4.69) is 26.2 Å². The summed E-state index contributed by atoms with van der Waals surface area (Å²) in [7, 11) is 0. The molecule has 0 saturated carbocycles. The van der Waals surface area contributed by atoms with Gasteiger partial charge in [-0.05, 0) is 40.5 Å². The van der Waals surface area contributed by atoms with Crippen molar-refractivity contribution in [3.05, 3.63) is 35.1 Å². The molecule has 0 aromatic heterocycles. The molecule has 0 saturated heterocycles. The third-order valence-corrected chi connectivity index (χ3v) is 2.26. The van der Waals surface area contributed by atoms with Crippen molar-refractivity contribution in [2.45, 2.75) is 18.3 Å². The summed E-state index contributed by atoms with van der Waals surface area (Å²) in [6.45, 7) is 0.469. The summed E-state index contributed by atoms with van der Waals surface area (Å²) in [5, 5.41) is 0. The maximum atomic E-state index is 13.4. The summed E-state index contributed by atoms with van der Waals surface area (Å²) in [5.41, 5.74) is 2.75. The molecule has 3 nitrogen and oxygen atoms in total. The summed E-state index contributed by atoms with van der Waals surface area (Å²) in [4.78, 5) is 12.4. The van der Waals surface area contributed by atoms with Crippen LogP contribution < -0.4 is 5.48 Å². The molecule has 1 aromatic rings. The highest BCUT2D eigenvalue weighted by Crippen LogP contribution is 2.20. The predicted molar refractivity (Wildman–Crippen MR) is 63.1 cm³/mol. The number of Topliss-reactive ketones (excluding diaryl/α,β-unsaturated/α-hetero) is 1. The molecular formula is C11H11BrF3NO2. The van der Waals surface area contributed by atoms with Gasteiger partial charge in [-0.25, -0.2) is 4.39 Å². The minimum Gasteiger partial charge on any atom is -0.294 e. The standard InChI is InChI=1S/C11H11BrF3NO2/c1-7(17)9-3-2-8(4-10(9)13)5-16-18-6-11(12,14)15/h2-4,16H,5-6H2,1H3. The molecule has 0 aliphatic carbocycles. The van der Waals surface area contributed by atoms with E-state index in [0.29, 0.717) is 5.56 Å². The van der Waals surface area contributed by atoms with Gasteiger partial charge in [0.05, 0.1) is 5.56 Å². The first-order valence-corrected chi connectivity index (χ1v) is 5.79. The van der Waals surface area contributed by atoms with Crippen LogP contribution in [0.4, 0.5) is 13.2 Å². The van der Waals surface area contributed by atoms with Gasteiger partial charge in [-0.3, -0.25) is 9.63 Å². The van der Waals surface area contributed by atoms with Crippen molar-refractivity contribution in [1.82, 2.24) is 5.48 Å². The summed E-state index contributed by atoms with van der Waals surface area (Å²) in [5.74, 6) is -1.02. The molecule has 7 heteroatoms. The fourth-order valence-electron chi connectivity index (χ4n) is 1.22. The minimum atomic E-state index is -3.11. The lowest BCUT2D eigenvalue weighted by Gasteiger charge is -2.10. The third-order valence-electron chi connectivity index (χ3n) is 2.03. The van der Waals surface area contributed by atoms with E-state index in [9.17, 15) is 18.0 Å². The van der Waals surface area contributed by atoms with E-state index in [4.69, 9.17) is 0 Å². The number of carbonyl (C=O) groups excluding carboxylic acids is 1. The molecule has 1 rings (SSSR count). The van der Waals surface area contributed by atoms with Crippen LogP contribution in [0, 0.1) is 5.82 Å². The van der Waals surface area contributed by atoms with Gasteiger partial charge in [0.15, 0.2) is 5.78 Å². The zero-order valence-corrected chi connectivity index (χ0v) is 11.1. The lowest BCUT2D eigenvalue weighted by molar-refractivity contribution is -0.0504. The number of hydrogen-bond acceptors (Lipinski definition) is 3. The van der Waals surface area contributed by atoms with Crippen molar-refractivity contribution < 1.29 is 22.8 Å². The molecule has 18 heavy (non-hydrogen) atoms. The Kier molecular flexibility index (Phi) is 5.30. The molecule has 0 aliphatic heterocycles. The van der Waals surface area contributed by atoms with E-state index in [-0.39, 0.29) is 17.9 Å². The zero-order chi connectivity index (χ0) is 13.8. The summed E-state index contributed by atoms with van der Waals surface area (Å²) >= 11 is 2.11. The lowest BCUT2D eigenvalue weighted by atomic mass is 10.1. The first kappa shape index (κ1) is 15.1. The predicted octanol–water partition coefficient (Wildman–Crippen LogP) is 3.04. The number of alkyl halides is 3. The average molecular weight is 326 g/mol. The number of hydrogen-bond donors (Lipinski definition) is 1. The molecule has 0 amide bonds. The molecule has 0 bridgehead atoms. The Balaban J connectivity index is 2.49.